The van der Waals surface area contributed by atoms with E-state index in [-0.39, 0.29) is 0 Å². The fourth-order valence-electron chi connectivity index (χ4n) is 1.94. The number of aromatic nitrogens is 4. The van der Waals surface area contributed by atoms with Crippen molar-refractivity contribution in [3.63, 3.8) is 0 Å². The zero-order chi connectivity index (χ0) is 12.9. The fraction of sp³-hybridized carbons (Fsp3) is 0.214. The first kappa shape index (κ1) is 11.8. The molecule has 0 spiro atoms. The number of nitrogens with one attached hydrogen (secondary N) is 1. The number of imidazole rings is 1. The van der Waals surface area contributed by atoms with Crippen molar-refractivity contribution >= 4 is 11.2 Å². The van der Waals surface area contributed by atoms with Crippen LogP contribution in [-0.2, 0) is 17.8 Å². The molecule has 5 heteroatoms. The zero-order valence-corrected chi connectivity index (χ0v) is 10.4. The molecular formula is C14H14N4O. The average molecular weight is 254 g/mol. The van der Waals surface area contributed by atoms with Crippen LogP contribution in [-0.4, -0.2) is 26.5 Å². The summed E-state index contributed by atoms with van der Waals surface area (Å²) in [5.74, 6) is 0. The largest absolute Gasteiger partial charge is 0.376 e. The van der Waals surface area contributed by atoms with Gasteiger partial charge in [0.2, 0.25) is 0 Å². The Balaban J connectivity index is 1.57. The van der Waals surface area contributed by atoms with E-state index in [1.165, 1.54) is 11.9 Å². The summed E-state index contributed by atoms with van der Waals surface area (Å²) < 4.78 is 5.65. The van der Waals surface area contributed by atoms with E-state index < -0.39 is 0 Å². The maximum atomic E-state index is 5.65. The summed E-state index contributed by atoms with van der Waals surface area (Å²) >= 11 is 0. The number of nitrogens with zero attached hydrogens (tertiary/aromatic N) is 3. The minimum atomic E-state index is 0.623. The Kier molecular flexibility index (Phi) is 3.47. The lowest BCUT2D eigenvalue weighted by molar-refractivity contribution is 0.123. The van der Waals surface area contributed by atoms with Gasteiger partial charge in [-0.25, -0.2) is 15.0 Å². The maximum Gasteiger partial charge on any atom is 0.180 e. The molecule has 5 nitrogen and oxygen atoms in total. The van der Waals surface area contributed by atoms with E-state index in [9.17, 15) is 0 Å². The van der Waals surface area contributed by atoms with Gasteiger partial charge >= 0.3 is 0 Å². The number of fused-ring (bicyclic) bond motifs is 1. The molecule has 0 radical (unpaired) electrons. The first-order valence-corrected chi connectivity index (χ1v) is 6.18. The van der Waals surface area contributed by atoms with Gasteiger partial charge in [-0.3, -0.25) is 0 Å². The van der Waals surface area contributed by atoms with Crippen molar-refractivity contribution in [3.05, 3.63) is 54.2 Å². The van der Waals surface area contributed by atoms with Gasteiger partial charge in [-0.15, -0.1) is 0 Å². The van der Waals surface area contributed by atoms with Crippen molar-refractivity contribution < 1.29 is 4.74 Å². The molecule has 0 aliphatic carbocycles. The van der Waals surface area contributed by atoms with Gasteiger partial charge in [0.1, 0.15) is 11.8 Å². The highest BCUT2D eigenvalue weighted by molar-refractivity contribution is 5.71. The van der Waals surface area contributed by atoms with Gasteiger partial charge in [-0.2, -0.15) is 0 Å². The first-order chi connectivity index (χ1) is 9.43. The summed E-state index contributed by atoms with van der Waals surface area (Å²) in [5, 5.41) is 0. The molecule has 0 saturated carbocycles. The molecule has 1 N–H and O–H groups in total. The quantitative estimate of drug-likeness (QED) is 0.708. The van der Waals surface area contributed by atoms with Crippen LogP contribution in [0.15, 0.2) is 43.0 Å². The molecule has 96 valence electrons. The number of aromatic amines is 1. The second-order valence-corrected chi connectivity index (χ2v) is 4.21. The van der Waals surface area contributed by atoms with Gasteiger partial charge in [-0.05, 0) is 5.56 Å². The van der Waals surface area contributed by atoms with E-state index in [4.69, 9.17) is 4.74 Å². The lowest BCUT2D eigenvalue weighted by Crippen LogP contribution is -2.02. The minimum Gasteiger partial charge on any atom is -0.376 e. The third-order valence-electron chi connectivity index (χ3n) is 2.90. The van der Waals surface area contributed by atoms with E-state index in [0.717, 1.165) is 17.6 Å². The molecule has 0 unspecified atom stereocenters. The molecular weight excluding hydrogens is 240 g/mol. The number of hydrogen-bond acceptors (Lipinski definition) is 4. The van der Waals surface area contributed by atoms with Gasteiger partial charge in [-0.1, -0.05) is 30.3 Å². The minimum absolute atomic E-state index is 0.623. The summed E-state index contributed by atoms with van der Waals surface area (Å²) in [6.07, 6.45) is 3.91. The second kappa shape index (κ2) is 5.58. The molecule has 0 bridgehead atoms. The Bertz CT molecular complexity index is 651. The Morgan fingerprint density at radius 1 is 1.05 bits per heavy atom. The van der Waals surface area contributed by atoms with Crippen molar-refractivity contribution in [3.8, 4) is 0 Å². The van der Waals surface area contributed by atoms with Crippen LogP contribution in [0.5, 0.6) is 0 Å². The van der Waals surface area contributed by atoms with Gasteiger partial charge in [0, 0.05) is 6.42 Å². The van der Waals surface area contributed by atoms with E-state index in [1.807, 2.05) is 18.2 Å². The lowest BCUT2D eigenvalue weighted by atomic mass is 10.2. The Labute approximate surface area is 110 Å². The summed E-state index contributed by atoms with van der Waals surface area (Å²) in [5.41, 5.74) is 3.71. The van der Waals surface area contributed by atoms with Crippen LogP contribution in [0.2, 0.25) is 0 Å². The van der Waals surface area contributed by atoms with Crippen LogP contribution >= 0.6 is 0 Å². The topological polar surface area (TPSA) is 63.7 Å². The van der Waals surface area contributed by atoms with Crippen molar-refractivity contribution in [1.29, 1.82) is 0 Å². The molecule has 3 aromatic rings. The monoisotopic (exact) mass is 254 g/mol. The van der Waals surface area contributed by atoms with E-state index >= 15 is 0 Å². The van der Waals surface area contributed by atoms with E-state index in [1.54, 1.807) is 6.33 Å². The number of hydrogen-bond donors (Lipinski definition) is 1. The molecule has 0 fully saturated rings. The second-order valence-electron chi connectivity index (χ2n) is 4.21. The number of rotatable bonds is 5. The van der Waals surface area contributed by atoms with Crippen LogP contribution in [0.25, 0.3) is 11.2 Å². The molecule has 19 heavy (non-hydrogen) atoms. The summed E-state index contributed by atoms with van der Waals surface area (Å²) in [7, 11) is 0. The van der Waals surface area contributed by atoms with Gasteiger partial charge in [0.25, 0.3) is 0 Å². The van der Waals surface area contributed by atoms with Gasteiger partial charge < -0.3 is 9.72 Å². The summed E-state index contributed by atoms with van der Waals surface area (Å²) in [6.45, 7) is 1.25. The van der Waals surface area contributed by atoms with Crippen molar-refractivity contribution in [1.82, 2.24) is 19.9 Å². The van der Waals surface area contributed by atoms with Crippen molar-refractivity contribution in [2.45, 2.75) is 13.0 Å². The molecule has 2 heterocycles. The van der Waals surface area contributed by atoms with Crippen LogP contribution in [0, 0.1) is 0 Å². The number of benzene rings is 1. The Hall–Kier alpha value is -2.27. The van der Waals surface area contributed by atoms with E-state index in [0.29, 0.717) is 18.9 Å². The lowest BCUT2D eigenvalue weighted by Gasteiger charge is -2.04. The van der Waals surface area contributed by atoms with Crippen LogP contribution in [0.1, 0.15) is 11.3 Å². The van der Waals surface area contributed by atoms with E-state index in [2.05, 4.69) is 32.1 Å². The van der Waals surface area contributed by atoms with Crippen LogP contribution < -0.4 is 0 Å². The van der Waals surface area contributed by atoms with Crippen LogP contribution in [0.4, 0.5) is 0 Å². The zero-order valence-electron chi connectivity index (χ0n) is 10.4. The molecule has 1 aromatic carbocycles. The predicted molar refractivity (Wildman–Crippen MR) is 71.5 cm³/mol. The third kappa shape index (κ3) is 2.77. The normalized spacial score (nSPS) is 10.9. The molecule has 0 atom stereocenters. The summed E-state index contributed by atoms with van der Waals surface area (Å²) in [6, 6.07) is 10.1. The number of ether oxygens (including phenoxy) is 1. The van der Waals surface area contributed by atoms with Crippen molar-refractivity contribution in [2.75, 3.05) is 6.61 Å². The molecule has 0 aliphatic heterocycles. The highest BCUT2D eigenvalue weighted by atomic mass is 16.5. The van der Waals surface area contributed by atoms with Gasteiger partial charge in [0.15, 0.2) is 5.65 Å². The number of H-pyrrole nitrogens is 1. The smallest absolute Gasteiger partial charge is 0.180 e. The molecule has 0 aliphatic rings. The highest BCUT2D eigenvalue weighted by Gasteiger charge is 2.05. The predicted octanol–water partition coefficient (Wildman–Crippen LogP) is 2.11. The first-order valence-electron chi connectivity index (χ1n) is 6.18. The standard InChI is InChI=1S/C14H14N4O/c1-2-4-11(5-3-1)8-19-7-6-12-13-14(17-9-15-12)18-10-16-13/h1-5,9-10H,6-8H2,(H,15,16,17,18). The fourth-order valence-corrected chi connectivity index (χ4v) is 1.94. The Morgan fingerprint density at radius 2 is 1.95 bits per heavy atom. The van der Waals surface area contributed by atoms with Gasteiger partial charge in [0.05, 0.1) is 25.2 Å². The SMILES string of the molecule is c1ccc(COCCc2ncnc3nc[nH]c23)cc1. The summed E-state index contributed by atoms with van der Waals surface area (Å²) in [4.78, 5) is 15.5. The molecule has 2 aromatic heterocycles. The Morgan fingerprint density at radius 3 is 2.84 bits per heavy atom. The maximum absolute atomic E-state index is 5.65. The molecule has 0 amide bonds. The third-order valence-corrected chi connectivity index (χ3v) is 2.90. The molecule has 3 rings (SSSR count). The highest BCUT2D eigenvalue weighted by Crippen LogP contribution is 2.10. The molecule has 0 saturated heterocycles. The van der Waals surface area contributed by atoms with Crippen LogP contribution in [0.3, 0.4) is 0 Å². The average Bonchev–Trinajstić information content (AvgIpc) is 2.94. The van der Waals surface area contributed by atoms with Crippen molar-refractivity contribution in [2.24, 2.45) is 0 Å².